The molecule has 2 heterocycles. The minimum Gasteiger partial charge on any atom is -0.364 e. The molecule has 2 N–H and O–H groups in total. The molecule has 0 bridgehead atoms. The minimum atomic E-state index is -0.361. The third kappa shape index (κ3) is 3.42. The Labute approximate surface area is 136 Å². The van der Waals surface area contributed by atoms with Crippen LogP contribution in [0.25, 0.3) is 0 Å². The minimum absolute atomic E-state index is 0. The van der Waals surface area contributed by atoms with E-state index in [0.717, 1.165) is 37.8 Å². The second kappa shape index (κ2) is 7.40. The molecular weight excluding hydrogens is 307 g/mol. The summed E-state index contributed by atoms with van der Waals surface area (Å²) in [4.78, 5) is 14.5. The lowest BCUT2D eigenvalue weighted by atomic mass is 10.0. The van der Waals surface area contributed by atoms with E-state index in [1.54, 1.807) is 12.1 Å². The van der Waals surface area contributed by atoms with Crippen molar-refractivity contribution < 1.29 is 13.9 Å². The molecule has 6 heteroatoms. The summed E-state index contributed by atoms with van der Waals surface area (Å²) in [6.07, 6.45) is 3.13. The number of benzene rings is 1. The van der Waals surface area contributed by atoms with Crippen LogP contribution in [0.3, 0.4) is 0 Å². The van der Waals surface area contributed by atoms with E-state index in [2.05, 4.69) is 0 Å². The summed E-state index contributed by atoms with van der Waals surface area (Å²) in [5.74, 6) is -0.197. The van der Waals surface area contributed by atoms with E-state index in [0.29, 0.717) is 6.54 Å². The van der Waals surface area contributed by atoms with Gasteiger partial charge in [-0.05, 0) is 43.4 Å². The molecule has 1 aromatic carbocycles. The van der Waals surface area contributed by atoms with Gasteiger partial charge in [-0.15, -0.1) is 12.4 Å². The Hall–Kier alpha value is -1.17. The molecule has 0 aliphatic carbocycles. The predicted octanol–water partition coefficient (Wildman–Crippen LogP) is 2.42. The molecule has 0 saturated carbocycles. The molecule has 2 saturated heterocycles. The Morgan fingerprint density at radius 3 is 2.64 bits per heavy atom. The molecule has 2 aliphatic rings. The predicted molar refractivity (Wildman–Crippen MR) is 84.3 cm³/mol. The van der Waals surface area contributed by atoms with Gasteiger partial charge in [0.15, 0.2) is 0 Å². The Bertz CT molecular complexity index is 511. The standard InChI is InChI=1S/C16H21FN2O2.ClH/c17-12-5-3-11(4-6-12)14-2-1-9-19(14)16(20)15-8-7-13(10-18)21-15;/h3-6,13-15H,1-2,7-10,18H2;1H/t13-,14?,15+;/m1./s1. The molecule has 1 amide bonds. The first-order valence-corrected chi connectivity index (χ1v) is 7.60. The van der Waals surface area contributed by atoms with Gasteiger partial charge in [-0.3, -0.25) is 4.79 Å². The number of hydrogen-bond acceptors (Lipinski definition) is 3. The molecule has 0 aromatic heterocycles. The van der Waals surface area contributed by atoms with Crippen LogP contribution in [0, 0.1) is 5.82 Å². The lowest BCUT2D eigenvalue weighted by Gasteiger charge is -2.27. The number of amides is 1. The van der Waals surface area contributed by atoms with Crippen LogP contribution in [0.1, 0.15) is 37.3 Å². The van der Waals surface area contributed by atoms with Crippen molar-refractivity contribution in [3.8, 4) is 0 Å². The van der Waals surface area contributed by atoms with E-state index in [-0.39, 0.29) is 42.4 Å². The number of halogens is 2. The molecule has 122 valence electrons. The first-order chi connectivity index (χ1) is 10.2. The monoisotopic (exact) mass is 328 g/mol. The summed E-state index contributed by atoms with van der Waals surface area (Å²) >= 11 is 0. The molecule has 2 fully saturated rings. The van der Waals surface area contributed by atoms with Gasteiger partial charge in [-0.25, -0.2) is 4.39 Å². The molecule has 0 spiro atoms. The van der Waals surface area contributed by atoms with Crippen LogP contribution in [0.2, 0.25) is 0 Å². The molecule has 22 heavy (non-hydrogen) atoms. The van der Waals surface area contributed by atoms with Gasteiger partial charge in [0.2, 0.25) is 0 Å². The maximum absolute atomic E-state index is 13.0. The van der Waals surface area contributed by atoms with Gasteiger partial charge in [0, 0.05) is 13.1 Å². The number of rotatable bonds is 3. The number of carbonyl (C=O) groups excluding carboxylic acids is 1. The van der Waals surface area contributed by atoms with Crippen LogP contribution < -0.4 is 5.73 Å². The van der Waals surface area contributed by atoms with Crippen molar-refractivity contribution in [2.45, 2.75) is 43.9 Å². The summed E-state index contributed by atoms with van der Waals surface area (Å²) in [7, 11) is 0. The van der Waals surface area contributed by atoms with Crippen LogP contribution in [0.15, 0.2) is 24.3 Å². The maximum Gasteiger partial charge on any atom is 0.252 e. The summed E-state index contributed by atoms with van der Waals surface area (Å²) in [6, 6.07) is 6.48. The fraction of sp³-hybridized carbons (Fsp3) is 0.562. The Balaban J connectivity index is 0.00000176. The number of hydrogen-bond donors (Lipinski definition) is 1. The van der Waals surface area contributed by atoms with Crippen molar-refractivity contribution >= 4 is 18.3 Å². The highest BCUT2D eigenvalue weighted by atomic mass is 35.5. The average molecular weight is 329 g/mol. The van der Waals surface area contributed by atoms with Gasteiger partial charge in [0.25, 0.3) is 5.91 Å². The Kier molecular flexibility index (Phi) is 5.78. The Morgan fingerprint density at radius 1 is 1.27 bits per heavy atom. The van der Waals surface area contributed by atoms with Crippen LogP contribution in [0.4, 0.5) is 4.39 Å². The summed E-state index contributed by atoms with van der Waals surface area (Å²) in [5, 5.41) is 0. The zero-order valence-corrected chi connectivity index (χ0v) is 13.2. The quantitative estimate of drug-likeness (QED) is 0.927. The third-order valence-corrected chi connectivity index (χ3v) is 4.44. The Morgan fingerprint density at radius 2 is 2.00 bits per heavy atom. The lowest BCUT2D eigenvalue weighted by Crippen LogP contribution is -2.39. The van der Waals surface area contributed by atoms with Crippen molar-refractivity contribution in [1.82, 2.24) is 4.90 Å². The highest BCUT2D eigenvalue weighted by Gasteiger charge is 2.37. The van der Waals surface area contributed by atoms with E-state index in [1.165, 1.54) is 12.1 Å². The zero-order chi connectivity index (χ0) is 14.8. The van der Waals surface area contributed by atoms with E-state index < -0.39 is 0 Å². The second-order valence-electron chi connectivity index (χ2n) is 5.80. The number of likely N-dealkylation sites (tertiary alicyclic amines) is 1. The van der Waals surface area contributed by atoms with Crippen molar-refractivity contribution in [2.75, 3.05) is 13.1 Å². The largest absolute Gasteiger partial charge is 0.364 e. The van der Waals surface area contributed by atoms with E-state index in [1.807, 2.05) is 4.90 Å². The third-order valence-electron chi connectivity index (χ3n) is 4.44. The maximum atomic E-state index is 13.0. The van der Waals surface area contributed by atoms with Crippen molar-refractivity contribution in [2.24, 2.45) is 5.73 Å². The topological polar surface area (TPSA) is 55.6 Å². The summed E-state index contributed by atoms with van der Waals surface area (Å²) < 4.78 is 18.8. The van der Waals surface area contributed by atoms with Crippen molar-refractivity contribution in [1.29, 1.82) is 0 Å². The fourth-order valence-corrected chi connectivity index (χ4v) is 3.31. The molecule has 1 aromatic rings. The highest BCUT2D eigenvalue weighted by molar-refractivity contribution is 5.85. The van der Waals surface area contributed by atoms with E-state index in [9.17, 15) is 9.18 Å². The number of carbonyl (C=O) groups is 1. The summed E-state index contributed by atoms with van der Waals surface area (Å²) in [6.45, 7) is 1.21. The average Bonchev–Trinajstić information content (AvgIpc) is 3.16. The first kappa shape index (κ1) is 17.2. The highest BCUT2D eigenvalue weighted by Crippen LogP contribution is 2.34. The first-order valence-electron chi connectivity index (χ1n) is 7.60. The normalized spacial score (nSPS) is 27.7. The SMILES string of the molecule is Cl.NC[C@H]1CC[C@@H](C(=O)N2CCCC2c2ccc(F)cc2)O1. The van der Waals surface area contributed by atoms with Gasteiger partial charge in [0.1, 0.15) is 11.9 Å². The van der Waals surface area contributed by atoms with Crippen LogP contribution in [-0.4, -0.2) is 36.1 Å². The molecule has 3 rings (SSSR count). The van der Waals surface area contributed by atoms with Gasteiger partial charge in [-0.2, -0.15) is 0 Å². The number of nitrogens with two attached hydrogens (primary N) is 1. The van der Waals surface area contributed by atoms with Gasteiger partial charge in [0.05, 0.1) is 12.1 Å². The fourth-order valence-electron chi connectivity index (χ4n) is 3.31. The van der Waals surface area contributed by atoms with Crippen molar-refractivity contribution in [3.05, 3.63) is 35.6 Å². The van der Waals surface area contributed by atoms with Crippen LogP contribution in [0.5, 0.6) is 0 Å². The molecule has 0 radical (unpaired) electrons. The molecule has 4 nitrogen and oxygen atoms in total. The van der Waals surface area contributed by atoms with Gasteiger partial charge < -0.3 is 15.4 Å². The van der Waals surface area contributed by atoms with Crippen molar-refractivity contribution in [3.63, 3.8) is 0 Å². The van der Waals surface area contributed by atoms with Gasteiger partial charge >= 0.3 is 0 Å². The summed E-state index contributed by atoms with van der Waals surface area (Å²) in [5.41, 5.74) is 6.59. The number of nitrogens with zero attached hydrogens (tertiary/aromatic N) is 1. The molecule has 2 aliphatic heterocycles. The second-order valence-corrected chi connectivity index (χ2v) is 5.80. The van der Waals surface area contributed by atoms with Gasteiger partial charge in [-0.1, -0.05) is 12.1 Å². The molecule has 1 unspecified atom stereocenters. The number of ether oxygens (including phenoxy) is 1. The molecule has 3 atom stereocenters. The lowest BCUT2D eigenvalue weighted by molar-refractivity contribution is -0.143. The van der Waals surface area contributed by atoms with Crippen LogP contribution >= 0.6 is 12.4 Å². The smallest absolute Gasteiger partial charge is 0.252 e. The molecular formula is C16H22ClFN2O2. The zero-order valence-electron chi connectivity index (χ0n) is 12.4. The van der Waals surface area contributed by atoms with Crippen LogP contribution in [-0.2, 0) is 9.53 Å². The van der Waals surface area contributed by atoms with E-state index >= 15 is 0 Å². The van der Waals surface area contributed by atoms with E-state index in [4.69, 9.17) is 10.5 Å².